The number of rotatable bonds is 7. The van der Waals surface area contributed by atoms with Crippen molar-refractivity contribution >= 4 is 39.8 Å². The minimum Gasteiger partial charge on any atom is -0.465 e. The van der Waals surface area contributed by atoms with E-state index in [4.69, 9.17) is 19.2 Å². The predicted molar refractivity (Wildman–Crippen MR) is 122 cm³/mol. The highest BCUT2D eigenvalue weighted by Gasteiger charge is 2.67. The van der Waals surface area contributed by atoms with E-state index >= 15 is 0 Å². The molecule has 3 atom stereocenters. The number of hydrogen-bond acceptors (Lipinski definition) is 9. The van der Waals surface area contributed by atoms with Crippen LogP contribution in [0.2, 0.25) is 0 Å². The van der Waals surface area contributed by atoms with Gasteiger partial charge in [0.15, 0.2) is 11.1 Å². The van der Waals surface area contributed by atoms with Gasteiger partial charge in [-0.3, -0.25) is 9.69 Å². The highest BCUT2D eigenvalue weighted by Crippen LogP contribution is 2.49. The van der Waals surface area contributed by atoms with E-state index in [1.54, 1.807) is 32.7 Å². The largest absolute Gasteiger partial charge is 0.465 e. The zero-order valence-corrected chi connectivity index (χ0v) is 20.0. The lowest BCUT2D eigenvalue weighted by atomic mass is 9.71. The van der Waals surface area contributed by atoms with Crippen LogP contribution in [0.5, 0.6) is 0 Å². The summed E-state index contributed by atoms with van der Waals surface area (Å²) in [5.74, 6) is -1.03. The first-order chi connectivity index (χ1) is 14.3. The van der Waals surface area contributed by atoms with E-state index in [2.05, 4.69) is 0 Å². The molecule has 2 rings (SSSR count). The Morgan fingerprint density at radius 3 is 2.33 bits per heavy atom. The molecule has 166 valence electrons. The second-order valence-electron chi connectivity index (χ2n) is 6.87. The molecule has 1 aliphatic rings. The summed E-state index contributed by atoms with van der Waals surface area (Å²) in [5, 5.41) is 0. The van der Waals surface area contributed by atoms with E-state index in [-0.39, 0.29) is 19.9 Å². The molecule has 30 heavy (non-hydrogen) atoms. The van der Waals surface area contributed by atoms with E-state index in [9.17, 15) is 9.59 Å². The molecule has 9 heteroatoms. The maximum Gasteiger partial charge on any atom is 0.337 e. The second kappa shape index (κ2) is 10.7. The number of likely N-dealkylation sites (N-methyl/N-ethyl adjacent to an activating group) is 1. The van der Waals surface area contributed by atoms with Crippen molar-refractivity contribution in [2.75, 3.05) is 39.5 Å². The number of carbonyl (C=O) groups excluding carboxylic acids is 2. The fourth-order valence-electron chi connectivity index (χ4n) is 3.76. The molecule has 0 saturated carbocycles. The monoisotopic (exact) mass is 454 g/mol. The molecule has 0 amide bonds. The Morgan fingerprint density at radius 2 is 1.80 bits per heavy atom. The van der Waals surface area contributed by atoms with Gasteiger partial charge in [0.2, 0.25) is 0 Å². The third-order valence-corrected chi connectivity index (χ3v) is 6.98. The number of nitrogens with zero attached hydrogens (tertiary/aromatic N) is 2. The lowest BCUT2D eigenvalue weighted by molar-refractivity contribution is -0.169. The molecule has 0 radical (unpaired) electrons. The van der Waals surface area contributed by atoms with Crippen LogP contribution in [0.15, 0.2) is 35.3 Å². The van der Waals surface area contributed by atoms with Crippen LogP contribution in [0, 0.1) is 0 Å². The Morgan fingerprint density at radius 1 is 1.20 bits per heavy atom. The van der Waals surface area contributed by atoms with Crippen LogP contribution in [0.25, 0.3) is 0 Å². The lowest BCUT2D eigenvalue weighted by Crippen LogP contribution is -2.63. The van der Waals surface area contributed by atoms with Gasteiger partial charge in [-0.25, -0.2) is 9.79 Å². The number of aliphatic imine (C=N–C) groups is 1. The first-order valence-electron chi connectivity index (χ1n) is 9.73. The van der Waals surface area contributed by atoms with Crippen LogP contribution in [0.1, 0.15) is 26.3 Å². The van der Waals surface area contributed by atoms with Crippen molar-refractivity contribution < 1.29 is 23.8 Å². The highest BCUT2D eigenvalue weighted by molar-refractivity contribution is 8.38. The first-order valence-corrected chi connectivity index (χ1v) is 12.2. The van der Waals surface area contributed by atoms with E-state index in [1.165, 1.54) is 23.5 Å². The zero-order valence-electron chi connectivity index (χ0n) is 18.3. The summed E-state index contributed by atoms with van der Waals surface area (Å²) in [5.41, 5.74) is -2.31. The Balaban J connectivity index is 2.86. The lowest BCUT2D eigenvalue weighted by Gasteiger charge is -2.44. The molecule has 1 saturated heterocycles. The molecular weight excluding hydrogens is 424 g/mol. The number of esters is 2. The standard InChI is InChI=1S/C21H30N2O5S2/c1-7-26-17(24)16-21(28-14-23(16)4,15-12-10-9-11-13-15)20(3,18(25)27-8-2)22-19(29-5)30-6/h9-13,16H,7-8,14H2,1-6H3/t16-,20+,21+/m1/s1. The van der Waals surface area contributed by atoms with Crippen molar-refractivity contribution in [1.82, 2.24) is 4.90 Å². The van der Waals surface area contributed by atoms with Gasteiger partial charge in [-0.1, -0.05) is 30.3 Å². The van der Waals surface area contributed by atoms with Crippen molar-refractivity contribution in [3.05, 3.63) is 35.9 Å². The molecule has 0 unspecified atom stereocenters. The Kier molecular flexibility index (Phi) is 8.78. The molecule has 0 N–H and O–H groups in total. The highest BCUT2D eigenvalue weighted by atomic mass is 32.2. The minimum atomic E-state index is -1.53. The van der Waals surface area contributed by atoms with Crippen molar-refractivity contribution in [3.8, 4) is 0 Å². The Labute approximate surface area is 186 Å². The average molecular weight is 455 g/mol. The zero-order chi connectivity index (χ0) is 22.4. The molecular formula is C21H30N2O5S2. The summed E-state index contributed by atoms with van der Waals surface area (Å²) in [7, 11) is 1.77. The SMILES string of the molecule is CCOC(=O)[C@H]1N(C)CO[C@]1(c1ccccc1)[C@@](C)(N=C(SC)SC)C(=O)OCC. The number of thioether (sulfide) groups is 2. The Bertz CT molecular complexity index is 770. The topological polar surface area (TPSA) is 77.4 Å². The fraction of sp³-hybridized carbons (Fsp3) is 0.571. The molecule has 1 aliphatic heterocycles. The number of benzene rings is 1. The van der Waals surface area contributed by atoms with E-state index in [0.717, 1.165) is 0 Å². The summed E-state index contributed by atoms with van der Waals surface area (Å²) >= 11 is 2.85. The molecule has 1 aromatic rings. The van der Waals surface area contributed by atoms with Gasteiger partial charge in [0.05, 0.1) is 13.2 Å². The smallest absolute Gasteiger partial charge is 0.337 e. The first kappa shape index (κ1) is 24.7. The van der Waals surface area contributed by atoms with Gasteiger partial charge in [-0.15, -0.1) is 23.5 Å². The third kappa shape index (κ3) is 4.39. The van der Waals surface area contributed by atoms with Crippen LogP contribution in [-0.4, -0.2) is 72.3 Å². The number of ether oxygens (including phenoxy) is 3. The van der Waals surface area contributed by atoms with Crippen LogP contribution in [-0.2, 0) is 29.4 Å². The fourth-order valence-corrected chi connectivity index (χ4v) is 4.97. The van der Waals surface area contributed by atoms with E-state index < -0.39 is 29.1 Å². The van der Waals surface area contributed by atoms with Crippen LogP contribution in [0.3, 0.4) is 0 Å². The van der Waals surface area contributed by atoms with Crippen LogP contribution >= 0.6 is 23.5 Å². The van der Waals surface area contributed by atoms with E-state index in [1.807, 2.05) is 42.8 Å². The van der Waals surface area contributed by atoms with Gasteiger partial charge < -0.3 is 14.2 Å². The summed E-state index contributed by atoms with van der Waals surface area (Å²) in [6, 6.07) is 8.37. The van der Waals surface area contributed by atoms with Gasteiger partial charge >= 0.3 is 11.9 Å². The maximum atomic E-state index is 13.4. The van der Waals surface area contributed by atoms with Gasteiger partial charge in [-0.05, 0) is 45.9 Å². The maximum absolute atomic E-state index is 13.4. The summed E-state index contributed by atoms with van der Waals surface area (Å²) in [6.07, 6.45) is 3.78. The molecule has 1 fully saturated rings. The quantitative estimate of drug-likeness (QED) is 0.353. The molecule has 1 aromatic carbocycles. The van der Waals surface area contributed by atoms with Crippen molar-refractivity contribution in [2.24, 2.45) is 4.99 Å². The van der Waals surface area contributed by atoms with Gasteiger partial charge in [0.25, 0.3) is 0 Å². The van der Waals surface area contributed by atoms with Crippen LogP contribution in [0.4, 0.5) is 0 Å². The van der Waals surface area contributed by atoms with Crippen molar-refractivity contribution in [2.45, 2.75) is 38.0 Å². The predicted octanol–water partition coefficient (Wildman–Crippen LogP) is 3.14. The van der Waals surface area contributed by atoms with Gasteiger partial charge in [-0.2, -0.15) is 0 Å². The summed E-state index contributed by atoms with van der Waals surface area (Å²) in [6.45, 7) is 5.70. The molecule has 7 nitrogen and oxygen atoms in total. The third-order valence-electron chi connectivity index (χ3n) is 5.09. The average Bonchev–Trinajstić information content (AvgIpc) is 3.11. The van der Waals surface area contributed by atoms with Gasteiger partial charge in [0, 0.05) is 0 Å². The number of hydrogen-bond donors (Lipinski definition) is 0. The second-order valence-corrected chi connectivity index (χ2v) is 8.71. The molecule has 0 aromatic heterocycles. The Hall–Kier alpha value is -1.55. The molecule has 0 bridgehead atoms. The van der Waals surface area contributed by atoms with Crippen LogP contribution < -0.4 is 0 Å². The van der Waals surface area contributed by atoms with Crippen molar-refractivity contribution in [3.63, 3.8) is 0 Å². The summed E-state index contributed by atoms with van der Waals surface area (Å²) < 4.78 is 17.9. The van der Waals surface area contributed by atoms with Crippen molar-refractivity contribution in [1.29, 1.82) is 0 Å². The van der Waals surface area contributed by atoms with E-state index in [0.29, 0.717) is 9.94 Å². The molecule has 1 heterocycles. The summed E-state index contributed by atoms with van der Waals surface area (Å²) in [4.78, 5) is 33.1. The molecule has 0 aliphatic carbocycles. The number of carbonyl (C=O) groups is 2. The normalized spacial score (nSPS) is 23.5. The minimum absolute atomic E-state index is 0.136. The molecule has 0 spiro atoms. The van der Waals surface area contributed by atoms with Gasteiger partial charge in [0.1, 0.15) is 17.1 Å².